The maximum absolute atomic E-state index is 12.5. The van der Waals surface area contributed by atoms with Crippen LogP contribution in [0.1, 0.15) is 18.9 Å². The van der Waals surface area contributed by atoms with E-state index in [0.29, 0.717) is 12.4 Å². The van der Waals surface area contributed by atoms with Crippen LogP contribution >= 0.6 is 0 Å². The zero-order chi connectivity index (χ0) is 19.5. The Bertz CT molecular complexity index is 1010. The SMILES string of the molecule is CCc1cccc(-c2cc(NC(=O)[C@@H]3CNC(=O)C3)nn2-c2ccccc2)c1. The van der Waals surface area contributed by atoms with Gasteiger partial charge in [0.25, 0.3) is 0 Å². The minimum Gasteiger partial charge on any atom is -0.355 e. The number of benzene rings is 2. The number of nitrogens with one attached hydrogen (secondary N) is 2. The van der Waals surface area contributed by atoms with Crippen LogP contribution in [0.5, 0.6) is 0 Å². The highest BCUT2D eigenvalue weighted by Crippen LogP contribution is 2.27. The zero-order valence-electron chi connectivity index (χ0n) is 15.7. The van der Waals surface area contributed by atoms with Crippen LogP contribution in [-0.4, -0.2) is 28.1 Å². The summed E-state index contributed by atoms with van der Waals surface area (Å²) in [5, 5.41) is 10.2. The van der Waals surface area contributed by atoms with E-state index in [-0.39, 0.29) is 24.2 Å². The maximum atomic E-state index is 12.5. The van der Waals surface area contributed by atoms with E-state index in [1.54, 1.807) is 0 Å². The van der Waals surface area contributed by atoms with Crippen molar-refractivity contribution in [3.8, 4) is 16.9 Å². The molecule has 1 aliphatic rings. The molecule has 3 aromatic rings. The number of nitrogens with zero attached hydrogens (tertiary/aromatic N) is 2. The van der Waals surface area contributed by atoms with Crippen LogP contribution < -0.4 is 10.6 Å². The van der Waals surface area contributed by atoms with E-state index < -0.39 is 0 Å². The van der Waals surface area contributed by atoms with Crippen LogP contribution in [-0.2, 0) is 16.0 Å². The molecule has 1 atom stereocenters. The average Bonchev–Trinajstić information content (AvgIpc) is 3.35. The first-order valence-electron chi connectivity index (χ1n) is 9.46. The van der Waals surface area contributed by atoms with Crippen molar-refractivity contribution in [1.29, 1.82) is 0 Å². The van der Waals surface area contributed by atoms with E-state index in [2.05, 4.69) is 34.8 Å². The van der Waals surface area contributed by atoms with Crippen molar-refractivity contribution >= 4 is 17.6 Å². The number of aryl methyl sites for hydroxylation is 1. The Hall–Kier alpha value is -3.41. The fourth-order valence-electron chi connectivity index (χ4n) is 3.38. The molecule has 2 amide bonds. The summed E-state index contributed by atoms with van der Waals surface area (Å²) in [6.07, 6.45) is 1.16. The van der Waals surface area contributed by atoms with Gasteiger partial charge in [0.15, 0.2) is 5.82 Å². The van der Waals surface area contributed by atoms with Gasteiger partial charge in [-0.2, -0.15) is 0 Å². The lowest BCUT2D eigenvalue weighted by Crippen LogP contribution is -2.24. The van der Waals surface area contributed by atoms with Crippen molar-refractivity contribution in [2.75, 3.05) is 11.9 Å². The third-order valence-corrected chi connectivity index (χ3v) is 4.94. The van der Waals surface area contributed by atoms with Gasteiger partial charge in [0.1, 0.15) is 0 Å². The summed E-state index contributed by atoms with van der Waals surface area (Å²) in [6, 6.07) is 20.0. The number of rotatable bonds is 5. The predicted octanol–water partition coefficient (Wildman–Crippen LogP) is 3.18. The molecule has 1 aromatic heterocycles. The lowest BCUT2D eigenvalue weighted by atomic mass is 10.1. The van der Waals surface area contributed by atoms with Crippen molar-refractivity contribution < 1.29 is 9.59 Å². The number of para-hydroxylation sites is 1. The first kappa shape index (κ1) is 18.0. The van der Waals surface area contributed by atoms with Gasteiger partial charge in [0.2, 0.25) is 11.8 Å². The lowest BCUT2D eigenvalue weighted by Gasteiger charge is -2.08. The van der Waals surface area contributed by atoms with E-state index in [1.807, 2.05) is 53.2 Å². The first-order valence-corrected chi connectivity index (χ1v) is 9.46. The molecule has 0 aliphatic carbocycles. The molecule has 0 bridgehead atoms. The standard InChI is InChI=1S/C22H22N4O2/c1-2-15-7-6-8-16(11-15)19-13-20(24-22(28)17-12-21(27)23-14-17)25-26(19)18-9-4-3-5-10-18/h3-11,13,17H,2,12,14H2,1H3,(H,23,27)(H,24,25,28)/t17-/m0/s1. The lowest BCUT2D eigenvalue weighted by molar-refractivity contribution is -0.123. The highest BCUT2D eigenvalue weighted by atomic mass is 16.2. The largest absolute Gasteiger partial charge is 0.355 e. The van der Waals surface area contributed by atoms with Gasteiger partial charge in [-0.15, -0.1) is 5.10 Å². The third kappa shape index (κ3) is 3.67. The number of amides is 2. The summed E-state index contributed by atoms with van der Waals surface area (Å²) in [6.45, 7) is 2.49. The van der Waals surface area contributed by atoms with Crippen LogP contribution in [0.2, 0.25) is 0 Å². The second-order valence-electron chi connectivity index (χ2n) is 6.91. The monoisotopic (exact) mass is 374 g/mol. The molecule has 28 heavy (non-hydrogen) atoms. The maximum Gasteiger partial charge on any atom is 0.230 e. The average molecular weight is 374 g/mol. The Morgan fingerprint density at radius 2 is 2.00 bits per heavy atom. The fraction of sp³-hybridized carbons (Fsp3) is 0.227. The van der Waals surface area contributed by atoms with Crippen molar-refractivity contribution in [3.63, 3.8) is 0 Å². The number of hydrogen-bond acceptors (Lipinski definition) is 3. The molecular weight excluding hydrogens is 352 g/mol. The van der Waals surface area contributed by atoms with Gasteiger partial charge in [0, 0.05) is 24.6 Å². The van der Waals surface area contributed by atoms with Gasteiger partial charge in [-0.25, -0.2) is 4.68 Å². The number of carbonyl (C=O) groups is 2. The Labute approximate surface area is 163 Å². The van der Waals surface area contributed by atoms with E-state index in [0.717, 1.165) is 23.4 Å². The fourth-order valence-corrected chi connectivity index (χ4v) is 3.38. The van der Waals surface area contributed by atoms with E-state index in [9.17, 15) is 9.59 Å². The smallest absolute Gasteiger partial charge is 0.230 e. The molecule has 6 nitrogen and oxygen atoms in total. The molecule has 1 fully saturated rings. The molecule has 0 saturated carbocycles. The van der Waals surface area contributed by atoms with Crippen LogP contribution in [0.25, 0.3) is 16.9 Å². The van der Waals surface area contributed by atoms with E-state index >= 15 is 0 Å². The first-order chi connectivity index (χ1) is 13.6. The second-order valence-corrected chi connectivity index (χ2v) is 6.91. The third-order valence-electron chi connectivity index (χ3n) is 4.94. The number of carbonyl (C=O) groups excluding carboxylic acids is 2. The van der Waals surface area contributed by atoms with Crippen molar-refractivity contribution in [1.82, 2.24) is 15.1 Å². The Morgan fingerprint density at radius 1 is 1.18 bits per heavy atom. The molecule has 4 rings (SSSR count). The molecule has 2 aromatic carbocycles. The van der Waals surface area contributed by atoms with Crippen molar-refractivity contribution in [2.45, 2.75) is 19.8 Å². The zero-order valence-corrected chi connectivity index (χ0v) is 15.7. The van der Waals surface area contributed by atoms with Crippen molar-refractivity contribution in [3.05, 3.63) is 66.2 Å². The molecular formula is C22H22N4O2. The number of hydrogen-bond donors (Lipinski definition) is 2. The summed E-state index contributed by atoms with van der Waals surface area (Å²) in [7, 11) is 0. The number of aromatic nitrogens is 2. The highest BCUT2D eigenvalue weighted by Gasteiger charge is 2.28. The van der Waals surface area contributed by atoms with Gasteiger partial charge in [-0.1, -0.05) is 43.3 Å². The number of anilines is 1. The summed E-state index contributed by atoms with van der Waals surface area (Å²) in [5.74, 6) is -0.164. The van der Waals surface area contributed by atoms with E-state index in [4.69, 9.17) is 0 Å². The summed E-state index contributed by atoms with van der Waals surface area (Å²) in [5.41, 5.74) is 4.09. The quantitative estimate of drug-likeness (QED) is 0.720. The molecule has 2 heterocycles. The summed E-state index contributed by atoms with van der Waals surface area (Å²) in [4.78, 5) is 23.9. The molecule has 1 aliphatic heterocycles. The molecule has 2 N–H and O–H groups in total. The molecule has 0 unspecified atom stereocenters. The molecule has 6 heteroatoms. The molecule has 0 radical (unpaired) electrons. The minimum absolute atomic E-state index is 0.0907. The van der Waals surface area contributed by atoms with E-state index in [1.165, 1.54) is 5.56 Å². The van der Waals surface area contributed by atoms with Crippen LogP contribution in [0, 0.1) is 5.92 Å². The molecule has 142 valence electrons. The van der Waals surface area contributed by atoms with Gasteiger partial charge >= 0.3 is 0 Å². The van der Waals surface area contributed by atoms with Gasteiger partial charge in [0.05, 0.1) is 17.3 Å². The van der Waals surface area contributed by atoms with Crippen LogP contribution in [0.4, 0.5) is 5.82 Å². The normalized spacial score (nSPS) is 16.0. The van der Waals surface area contributed by atoms with Crippen molar-refractivity contribution in [2.24, 2.45) is 5.92 Å². The Morgan fingerprint density at radius 3 is 2.71 bits per heavy atom. The Kier molecular flexibility index (Phi) is 4.93. The van der Waals surface area contributed by atoms with Gasteiger partial charge in [-0.05, 0) is 30.2 Å². The molecule has 1 saturated heterocycles. The van der Waals surface area contributed by atoms with Crippen LogP contribution in [0.3, 0.4) is 0 Å². The Balaban J connectivity index is 1.70. The molecule has 0 spiro atoms. The van der Waals surface area contributed by atoms with Gasteiger partial charge in [-0.3, -0.25) is 9.59 Å². The minimum atomic E-state index is -0.360. The highest BCUT2D eigenvalue weighted by molar-refractivity contribution is 5.97. The second kappa shape index (κ2) is 7.68. The topological polar surface area (TPSA) is 76.0 Å². The van der Waals surface area contributed by atoms with Crippen LogP contribution in [0.15, 0.2) is 60.7 Å². The summed E-state index contributed by atoms with van der Waals surface area (Å²) < 4.78 is 1.84. The summed E-state index contributed by atoms with van der Waals surface area (Å²) >= 11 is 0. The predicted molar refractivity (Wildman–Crippen MR) is 108 cm³/mol. The van der Waals surface area contributed by atoms with Gasteiger partial charge < -0.3 is 10.6 Å².